The van der Waals surface area contributed by atoms with Crippen LogP contribution in [0.1, 0.15) is 21.5 Å². The molecule has 1 heterocycles. The van der Waals surface area contributed by atoms with E-state index < -0.39 is 22.9 Å². The number of esters is 1. The molecule has 1 aliphatic rings. The molecule has 0 N–H and O–H groups in total. The van der Waals surface area contributed by atoms with Crippen molar-refractivity contribution >= 4 is 62.5 Å². The zero-order valence-corrected chi connectivity index (χ0v) is 21.2. The average Bonchev–Trinajstić information content (AvgIpc) is 3.09. The largest absolute Gasteiger partial charge is 0.493 e. The predicted octanol–water partition coefficient (Wildman–Crippen LogP) is 6.71. The Morgan fingerprint density at radius 2 is 1.86 bits per heavy atom. The van der Waals surface area contributed by atoms with Gasteiger partial charge in [-0.2, -0.15) is 0 Å². The van der Waals surface area contributed by atoms with Crippen LogP contribution in [0.5, 0.6) is 11.5 Å². The number of benzene rings is 3. The highest BCUT2D eigenvalue weighted by molar-refractivity contribution is 9.10. The molecule has 1 aliphatic heterocycles. The molecule has 3 aromatic carbocycles. The van der Waals surface area contributed by atoms with Crippen molar-refractivity contribution in [2.24, 2.45) is 0 Å². The first-order chi connectivity index (χ1) is 16.8. The van der Waals surface area contributed by atoms with E-state index in [1.807, 2.05) is 0 Å². The van der Waals surface area contributed by atoms with Crippen LogP contribution < -0.4 is 9.47 Å². The van der Waals surface area contributed by atoms with Gasteiger partial charge in [-0.3, -0.25) is 14.5 Å². The van der Waals surface area contributed by atoms with E-state index in [1.165, 1.54) is 31.4 Å². The van der Waals surface area contributed by atoms with Crippen molar-refractivity contribution in [2.45, 2.75) is 6.54 Å². The molecular weight excluding hydrogens is 561 g/mol. The van der Waals surface area contributed by atoms with Gasteiger partial charge in [0, 0.05) is 0 Å². The molecule has 178 valence electrons. The Labute approximate surface area is 217 Å². The van der Waals surface area contributed by atoms with Crippen LogP contribution in [-0.2, 0) is 11.3 Å². The summed E-state index contributed by atoms with van der Waals surface area (Å²) in [5.41, 5.74) is 1.37. The SMILES string of the molecule is COc1cc(/C=C2\SC(=O)N(Cc3ccc(F)cc3)C2=O)cc(Br)c1OC(=O)c1ccccc1Cl. The number of rotatable bonds is 6. The summed E-state index contributed by atoms with van der Waals surface area (Å²) in [5.74, 6) is -1.16. The van der Waals surface area contributed by atoms with Gasteiger partial charge in [0.25, 0.3) is 11.1 Å². The van der Waals surface area contributed by atoms with Gasteiger partial charge in [-0.15, -0.1) is 0 Å². The Bertz CT molecular complexity index is 1360. The highest BCUT2D eigenvalue weighted by atomic mass is 79.9. The van der Waals surface area contributed by atoms with Gasteiger partial charge in [0.2, 0.25) is 0 Å². The van der Waals surface area contributed by atoms with Crippen molar-refractivity contribution in [2.75, 3.05) is 7.11 Å². The molecular formula is C25H16BrClFNO5S. The third-order valence-corrected chi connectivity index (χ3v) is 6.79. The number of hydrogen-bond acceptors (Lipinski definition) is 6. The molecule has 0 aromatic heterocycles. The molecule has 0 saturated carbocycles. The lowest BCUT2D eigenvalue weighted by molar-refractivity contribution is -0.123. The normalized spacial score (nSPS) is 14.5. The Kier molecular flexibility index (Phi) is 7.59. The molecule has 0 aliphatic carbocycles. The van der Waals surface area contributed by atoms with Crippen molar-refractivity contribution in [3.05, 3.63) is 97.6 Å². The Hall–Kier alpha value is -3.14. The van der Waals surface area contributed by atoms with Gasteiger partial charge in [-0.25, -0.2) is 9.18 Å². The molecule has 4 rings (SSSR count). The van der Waals surface area contributed by atoms with Crippen molar-refractivity contribution in [3.8, 4) is 11.5 Å². The van der Waals surface area contributed by atoms with Crippen LogP contribution in [0.3, 0.4) is 0 Å². The van der Waals surface area contributed by atoms with E-state index in [0.717, 1.165) is 16.7 Å². The highest BCUT2D eigenvalue weighted by Crippen LogP contribution is 2.40. The lowest BCUT2D eigenvalue weighted by atomic mass is 10.1. The molecule has 6 nitrogen and oxygen atoms in total. The molecule has 2 amide bonds. The minimum Gasteiger partial charge on any atom is -0.493 e. The quantitative estimate of drug-likeness (QED) is 0.185. The van der Waals surface area contributed by atoms with Gasteiger partial charge in [0.05, 0.1) is 33.6 Å². The molecule has 0 bridgehead atoms. The third kappa shape index (κ3) is 5.58. The number of carbonyl (C=O) groups is 3. The molecule has 0 atom stereocenters. The van der Waals surface area contributed by atoms with E-state index in [4.69, 9.17) is 21.1 Å². The zero-order valence-electron chi connectivity index (χ0n) is 18.1. The van der Waals surface area contributed by atoms with Crippen LogP contribution in [-0.4, -0.2) is 29.1 Å². The first-order valence-corrected chi connectivity index (χ1v) is 12.1. The fourth-order valence-electron chi connectivity index (χ4n) is 3.26. The Morgan fingerprint density at radius 1 is 1.14 bits per heavy atom. The summed E-state index contributed by atoms with van der Waals surface area (Å²) in [7, 11) is 1.41. The number of halogens is 3. The summed E-state index contributed by atoms with van der Waals surface area (Å²) in [6.45, 7) is 0.0340. The summed E-state index contributed by atoms with van der Waals surface area (Å²) in [4.78, 5) is 39.2. The fourth-order valence-corrected chi connectivity index (χ4v) is 4.85. The molecule has 0 unspecified atom stereocenters. The molecule has 0 spiro atoms. The lowest BCUT2D eigenvalue weighted by Gasteiger charge is -2.13. The second-order valence-corrected chi connectivity index (χ2v) is 9.55. The zero-order chi connectivity index (χ0) is 25.1. The summed E-state index contributed by atoms with van der Waals surface area (Å²) in [6.07, 6.45) is 1.54. The number of methoxy groups -OCH3 is 1. The van der Waals surface area contributed by atoms with E-state index >= 15 is 0 Å². The first-order valence-electron chi connectivity index (χ1n) is 10.1. The van der Waals surface area contributed by atoms with Gasteiger partial charge in [0.1, 0.15) is 5.82 Å². The van der Waals surface area contributed by atoms with Gasteiger partial charge < -0.3 is 9.47 Å². The maximum Gasteiger partial charge on any atom is 0.345 e. The molecule has 10 heteroatoms. The lowest BCUT2D eigenvalue weighted by Crippen LogP contribution is -2.27. The second kappa shape index (κ2) is 10.6. The van der Waals surface area contributed by atoms with Gasteiger partial charge in [0.15, 0.2) is 11.5 Å². The maximum atomic E-state index is 13.1. The number of imide groups is 1. The highest BCUT2D eigenvalue weighted by Gasteiger charge is 2.35. The molecule has 3 aromatic rings. The van der Waals surface area contributed by atoms with Crippen molar-refractivity contribution < 1.29 is 28.2 Å². The van der Waals surface area contributed by atoms with E-state index in [-0.39, 0.29) is 33.5 Å². The van der Waals surface area contributed by atoms with Gasteiger partial charge in [-0.1, -0.05) is 35.9 Å². The van der Waals surface area contributed by atoms with Crippen molar-refractivity contribution in [1.82, 2.24) is 4.90 Å². The fraction of sp³-hybridized carbons (Fsp3) is 0.0800. The summed E-state index contributed by atoms with van der Waals surface area (Å²) >= 11 is 10.3. The maximum absolute atomic E-state index is 13.1. The summed E-state index contributed by atoms with van der Waals surface area (Å²) in [6, 6.07) is 15.3. The van der Waals surface area contributed by atoms with Crippen molar-refractivity contribution in [1.29, 1.82) is 0 Å². The van der Waals surface area contributed by atoms with Crippen LogP contribution >= 0.6 is 39.3 Å². The minimum atomic E-state index is -0.663. The van der Waals surface area contributed by atoms with Crippen LogP contribution in [0.15, 0.2) is 70.0 Å². The Morgan fingerprint density at radius 3 is 2.54 bits per heavy atom. The molecule has 1 saturated heterocycles. The molecule has 1 fully saturated rings. The molecule has 0 radical (unpaired) electrons. The topological polar surface area (TPSA) is 72.9 Å². The van der Waals surface area contributed by atoms with Gasteiger partial charge in [-0.05, 0) is 81.3 Å². The van der Waals surface area contributed by atoms with Gasteiger partial charge >= 0.3 is 5.97 Å². The Balaban J connectivity index is 1.57. The third-order valence-electron chi connectivity index (χ3n) is 4.97. The van der Waals surface area contributed by atoms with Crippen LogP contribution in [0.4, 0.5) is 9.18 Å². The minimum absolute atomic E-state index is 0.0340. The van der Waals surface area contributed by atoms with Crippen LogP contribution in [0.25, 0.3) is 6.08 Å². The van der Waals surface area contributed by atoms with Crippen LogP contribution in [0, 0.1) is 5.82 Å². The summed E-state index contributed by atoms with van der Waals surface area (Å²) in [5, 5.41) is -0.178. The summed E-state index contributed by atoms with van der Waals surface area (Å²) < 4.78 is 24.4. The average molecular weight is 577 g/mol. The second-order valence-electron chi connectivity index (χ2n) is 7.30. The van der Waals surface area contributed by atoms with E-state index in [0.29, 0.717) is 15.6 Å². The number of nitrogens with zero attached hydrogens (tertiary/aromatic N) is 1. The smallest absolute Gasteiger partial charge is 0.345 e. The van der Waals surface area contributed by atoms with E-state index in [9.17, 15) is 18.8 Å². The number of carbonyl (C=O) groups excluding carboxylic acids is 3. The number of thioether (sulfide) groups is 1. The van der Waals surface area contributed by atoms with Crippen LogP contribution in [0.2, 0.25) is 5.02 Å². The monoisotopic (exact) mass is 575 g/mol. The van der Waals surface area contributed by atoms with Crippen molar-refractivity contribution in [3.63, 3.8) is 0 Å². The number of hydrogen-bond donors (Lipinski definition) is 0. The standard InChI is InChI=1S/C25H16BrClFNO5S/c1-33-20-11-15(10-18(26)22(20)34-24(31)17-4-2-3-5-19(17)27)12-21-23(30)29(25(32)35-21)13-14-6-8-16(28)9-7-14/h2-12H,13H2,1H3/b21-12-. The number of ether oxygens (including phenoxy) is 2. The molecule has 35 heavy (non-hydrogen) atoms. The predicted molar refractivity (Wildman–Crippen MR) is 135 cm³/mol. The first kappa shape index (κ1) is 25.0. The number of amides is 2. The van der Waals surface area contributed by atoms with E-state index in [1.54, 1.807) is 42.5 Å². The van der Waals surface area contributed by atoms with E-state index in [2.05, 4.69) is 15.9 Å².